The predicted octanol–water partition coefficient (Wildman–Crippen LogP) is 0.594. The highest BCUT2D eigenvalue weighted by Crippen LogP contribution is 2.09. The van der Waals surface area contributed by atoms with Gasteiger partial charge in [0.05, 0.1) is 13.2 Å². The predicted molar refractivity (Wildman–Crippen MR) is 104 cm³/mol. The first-order valence-electron chi connectivity index (χ1n) is 10.2. The molecular weight excluding hydrogens is 352 g/mol. The number of unbranched alkanes of at least 4 members (excludes halogenated alkanes) is 8. The Balaban J connectivity index is 3.83. The van der Waals surface area contributed by atoms with Gasteiger partial charge in [0.15, 0.2) is 0 Å². The minimum atomic E-state index is -1.69. The Morgan fingerprint density at radius 3 is 1.85 bits per heavy atom. The number of aliphatic hydroxyl groups excluding tert-OH is 5. The topological polar surface area (TPSA) is 133 Å². The highest BCUT2D eigenvalue weighted by atomic mass is 16.4. The van der Waals surface area contributed by atoms with Crippen molar-refractivity contribution in [2.45, 2.75) is 89.1 Å². The van der Waals surface area contributed by atoms with E-state index in [1.54, 1.807) is 0 Å². The minimum Gasteiger partial charge on any atom is -0.394 e. The molecule has 0 fully saturated rings. The van der Waals surface area contributed by atoms with Crippen LogP contribution in [0, 0.1) is 0 Å². The SMILES string of the molecule is CCCCCCCCCCCNC(=O)N(C)CC(O)C(O)C(O)C(O)CO. The van der Waals surface area contributed by atoms with Crippen molar-refractivity contribution in [3.8, 4) is 0 Å². The Hall–Kier alpha value is -0.930. The van der Waals surface area contributed by atoms with Gasteiger partial charge in [-0.05, 0) is 6.42 Å². The van der Waals surface area contributed by atoms with Gasteiger partial charge < -0.3 is 35.7 Å². The van der Waals surface area contributed by atoms with Crippen molar-refractivity contribution in [3.63, 3.8) is 0 Å². The molecule has 162 valence electrons. The lowest BCUT2D eigenvalue weighted by atomic mass is 10.0. The van der Waals surface area contributed by atoms with E-state index >= 15 is 0 Å². The molecule has 0 bridgehead atoms. The van der Waals surface area contributed by atoms with Gasteiger partial charge in [-0.25, -0.2) is 4.79 Å². The quantitative estimate of drug-likeness (QED) is 0.213. The highest BCUT2D eigenvalue weighted by molar-refractivity contribution is 5.73. The lowest BCUT2D eigenvalue weighted by Crippen LogP contribution is -2.51. The van der Waals surface area contributed by atoms with Crippen molar-refractivity contribution < 1.29 is 30.3 Å². The van der Waals surface area contributed by atoms with Gasteiger partial charge >= 0.3 is 6.03 Å². The normalized spacial score (nSPS) is 15.8. The minimum absolute atomic E-state index is 0.208. The maximum Gasteiger partial charge on any atom is 0.317 e. The summed E-state index contributed by atoms with van der Waals surface area (Å²) in [7, 11) is 1.47. The second-order valence-corrected chi connectivity index (χ2v) is 7.24. The van der Waals surface area contributed by atoms with Crippen LogP contribution in [0.25, 0.3) is 0 Å². The molecular formula is C19H40N2O6. The molecule has 8 heteroatoms. The fourth-order valence-electron chi connectivity index (χ4n) is 2.80. The van der Waals surface area contributed by atoms with Gasteiger partial charge in [-0.2, -0.15) is 0 Å². The summed E-state index contributed by atoms with van der Waals surface area (Å²) >= 11 is 0. The number of rotatable bonds is 16. The summed E-state index contributed by atoms with van der Waals surface area (Å²) in [5, 5.41) is 50.0. The van der Waals surface area contributed by atoms with E-state index in [0.29, 0.717) is 6.54 Å². The Bertz CT molecular complexity index is 372. The van der Waals surface area contributed by atoms with Crippen molar-refractivity contribution in [3.05, 3.63) is 0 Å². The number of nitrogens with one attached hydrogen (secondary N) is 1. The molecule has 0 spiro atoms. The number of carbonyl (C=O) groups excluding carboxylic acids is 1. The smallest absolute Gasteiger partial charge is 0.317 e. The third-order valence-electron chi connectivity index (χ3n) is 4.69. The van der Waals surface area contributed by atoms with Crippen LogP contribution in [-0.4, -0.2) is 87.6 Å². The molecule has 0 aromatic carbocycles. The summed E-state index contributed by atoms with van der Waals surface area (Å²) in [6.45, 7) is 1.81. The molecule has 2 amide bonds. The Labute approximate surface area is 163 Å². The van der Waals surface area contributed by atoms with Crippen molar-refractivity contribution in [1.82, 2.24) is 10.2 Å². The number of aliphatic hydroxyl groups is 5. The molecule has 0 aromatic rings. The molecule has 0 heterocycles. The molecule has 0 rings (SSSR count). The molecule has 4 atom stereocenters. The maximum atomic E-state index is 12.0. The zero-order valence-electron chi connectivity index (χ0n) is 16.9. The summed E-state index contributed by atoms with van der Waals surface area (Å²) in [4.78, 5) is 13.2. The van der Waals surface area contributed by atoms with Crippen LogP contribution in [0.2, 0.25) is 0 Å². The molecule has 8 nitrogen and oxygen atoms in total. The van der Waals surface area contributed by atoms with E-state index in [1.807, 2.05) is 0 Å². The number of urea groups is 1. The summed E-state index contributed by atoms with van der Waals surface area (Å²) in [6.07, 6.45) is 4.44. The lowest BCUT2D eigenvalue weighted by molar-refractivity contribution is -0.117. The molecule has 0 saturated carbocycles. The molecule has 0 aliphatic carbocycles. The van der Waals surface area contributed by atoms with Crippen molar-refractivity contribution in [2.75, 3.05) is 26.7 Å². The molecule has 0 saturated heterocycles. The van der Waals surface area contributed by atoms with Crippen LogP contribution in [0.15, 0.2) is 0 Å². The zero-order chi connectivity index (χ0) is 20.7. The number of nitrogens with zero attached hydrogens (tertiary/aromatic N) is 1. The van der Waals surface area contributed by atoms with Crippen LogP contribution >= 0.6 is 0 Å². The first-order chi connectivity index (χ1) is 12.8. The highest BCUT2D eigenvalue weighted by Gasteiger charge is 2.31. The lowest BCUT2D eigenvalue weighted by Gasteiger charge is -2.28. The molecule has 0 aromatic heterocycles. The second kappa shape index (κ2) is 16.1. The molecule has 4 unspecified atom stereocenters. The van der Waals surface area contributed by atoms with E-state index in [0.717, 1.165) is 19.3 Å². The van der Waals surface area contributed by atoms with Crippen LogP contribution in [-0.2, 0) is 0 Å². The number of amides is 2. The van der Waals surface area contributed by atoms with Gasteiger partial charge in [-0.1, -0.05) is 58.3 Å². The van der Waals surface area contributed by atoms with Crippen LogP contribution in [0.1, 0.15) is 64.7 Å². The van der Waals surface area contributed by atoms with Crippen molar-refractivity contribution in [1.29, 1.82) is 0 Å². The van der Waals surface area contributed by atoms with Crippen molar-refractivity contribution >= 4 is 6.03 Å². The van der Waals surface area contributed by atoms with E-state index in [4.69, 9.17) is 5.11 Å². The Morgan fingerprint density at radius 2 is 1.33 bits per heavy atom. The van der Waals surface area contributed by atoms with Gasteiger partial charge in [0, 0.05) is 13.6 Å². The molecule has 0 radical (unpaired) electrons. The average Bonchev–Trinajstić information content (AvgIpc) is 2.67. The first-order valence-corrected chi connectivity index (χ1v) is 10.2. The third-order valence-corrected chi connectivity index (χ3v) is 4.69. The van der Waals surface area contributed by atoms with Crippen molar-refractivity contribution in [2.24, 2.45) is 0 Å². The van der Waals surface area contributed by atoms with Crippen LogP contribution < -0.4 is 5.32 Å². The largest absolute Gasteiger partial charge is 0.394 e. The number of hydrogen-bond acceptors (Lipinski definition) is 6. The second-order valence-electron chi connectivity index (χ2n) is 7.24. The van der Waals surface area contributed by atoms with Crippen LogP contribution in [0.5, 0.6) is 0 Å². The monoisotopic (exact) mass is 392 g/mol. The first kappa shape index (κ1) is 26.1. The van der Waals surface area contributed by atoms with E-state index in [-0.39, 0.29) is 12.6 Å². The summed E-state index contributed by atoms with van der Waals surface area (Å²) in [5.41, 5.74) is 0. The van der Waals surface area contributed by atoms with E-state index in [1.165, 1.54) is 50.5 Å². The molecule has 0 aliphatic heterocycles. The zero-order valence-corrected chi connectivity index (χ0v) is 16.9. The summed E-state index contributed by atoms with van der Waals surface area (Å²) in [5.74, 6) is 0. The average molecular weight is 393 g/mol. The molecule has 0 aliphatic rings. The van der Waals surface area contributed by atoms with Gasteiger partial charge in [0.2, 0.25) is 0 Å². The Morgan fingerprint density at radius 1 is 0.852 bits per heavy atom. The van der Waals surface area contributed by atoms with Gasteiger partial charge in [0.1, 0.15) is 24.4 Å². The van der Waals surface area contributed by atoms with Crippen LogP contribution in [0.3, 0.4) is 0 Å². The van der Waals surface area contributed by atoms with Crippen LogP contribution in [0.4, 0.5) is 4.79 Å². The molecule has 6 N–H and O–H groups in total. The van der Waals surface area contributed by atoms with E-state index in [2.05, 4.69) is 12.2 Å². The maximum absolute atomic E-state index is 12.0. The van der Waals surface area contributed by atoms with Gasteiger partial charge in [-0.15, -0.1) is 0 Å². The fraction of sp³-hybridized carbons (Fsp3) is 0.947. The molecule has 27 heavy (non-hydrogen) atoms. The van der Waals surface area contributed by atoms with Gasteiger partial charge in [0.25, 0.3) is 0 Å². The van der Waals surface area contributed by atoms with E-state index < -0.39 is 31.0 Å². The number of carbonyl (C=O) groups is 1. The number of hydrogen-bond donors (Lipinski definition) is 6. The Kier molecular flexibility index (Phi) is 15.5. The fourth-order valence-corrected chi connectivity index (χ4v) is 2.80. The number of likely N-dealkylation sites (N-methyl/N-ethyl adjacent to an activating group) is 1. The van der Waals surface area contributed by atoms with Gasteiger partial charge in [-0.3, -0.25) is 0 Å². The summed E-state index contributed by atoms with van der Waals surface area (Å²) in [6, 6.07) is -0.377. The standard InChI is InChI=1S/C19H40N2O6/c1-3-4-5-6-7-8-9-10-11-12-20-19(27)21(2)13-15(23)17(25)18(26)16(24)14-22/h15-18,22-26H,3-14H2,1-2H3,(H,20,27). The summed E-state index contributed by atoms with van der Waals surface area (Å²) < 4.78 is 0. The van der Waals surface area contributed by atoms with E-state index in [9.17, 15) is 25.2 Å². The third kappa shape index (κ3) is 12.2.